The quantitative estimate of drug-likeness (QED) is 0.825. The zero-order valence-corrected chi connectivity index (χ0v) is 12.6. The summed E-state index contributed by atoms with van der Waals surface area (Å²) in [4.78, 5) is 12.4. The van der Waals surface area contributed by atoms with E-state index in [0.29, 0.717) is 11.3 Å². The van der Waals surface area contributed by atoms with E-state index in [1.54, 1.807) is 0 Å². The van der Waals surface area contributed by atoms with Crippen LogP contribution in [0, 0.1) is 11.3 Å². The summed E-state index contributed by atoms with van der Waals surface area (Å²) in [6.07, 6.45) is 10.4. The number of hydrogen-bond acceptors (Lipinski definition) is 2. The molecule has 0 radical (unpaired) electrons. The van der Waals surface area contributed by atoms with Gasteiger partial charge in [0.05, 0.1) is 5.54 Å². The Morgan fingerprint density at radius 2 is 1.89 bits per heavy atom. The zero-order valence-electron chi connectivity index (χ0n) is 12.6. The molecule has 110 valence electrons. The van der Waals surface area contributed by atoms with Gasteiger partial charge < -0.3 is 11.1 Å². The number of carbonyl (C=O) groups excluding carboxylic acids is 1. The van der Waals surface area contributed by atoms with E-state index < -0.39 is 5.54 Å². The Morgan fingerprint density at radius 3 is 2.53 bits per heavy atom. The van der Waals surface area contributed by atoms with E-state index in [2.05, 4.69) is 19.2 Å². The van der Waals surface area contributed by atoms with Gasteiger partial charge in [0.15, 0.2) is 0 Å². The Balaban J connectivity index is 1.86. The topological polar surface area (TPSA) is 55.1 Å². The van der Waals surface area contributed by atoms with Crippen molar-refractivity contribution in [3.63, 3.8) is 0 Å². The average Bonchev–Trinajstić information content (AvgIpc) is 2.36. The number of rotatable bonds is 3. The second kappa shape index (κ2) is 5.82. The highest BCUT2D eigenvalue weighted by molar-refractivity contribution is 5.86. The van der Waals surface area contributed by atoms with E-state index in [1.165, 1.54) is 38.5 Å². The van der Waals surface area contributed by atoms with Crippen LogP contribution in [0.3, 0.4) is 0 Å². The van der Waals surface area contributed by atoms with Crippen LogP contribution < -0.4 is 11.1 Å². The minimum absolute atomic E-state index is 0.0887. The third-order valence-electron chi connectivity index (χ3n) is 5.22. The fourth-order valence-electron chi connectivity index (χ4n) is 3.85. The van der Waals surface area contributed by atoms with E-state index in [1.807, 2.05) is 0 Å². The summed E-state index contributed by atoms with van der Waals surface area (Å²) in [5.41, 5.74) is 6.03. The predicted octanol–water partition coefficient (Wildman–Crippen LogP) is 2.98. The van der Waals surface area contributed by atoms with Crippen molar-refractivity contribution in [1.29, 1.82) is 0 Å². The minimum atomic E-state index is -0.608. The molecule has 2 aliphatic carbocycles. The SMILES string of the molecule is CC1CCCC(N)(C(=O)NCC2(C)CCCCC2)C1. The Kier molecular flexibility index (Phi) is 4.54. The van der Waals surface area contributed by atoms with Crippen molar-refractivity contribution in [2.75, 3.05) is 6.54 Å². The summed E-state index contributed by atoms with van der Waals surface area (Å²) in [7, 11) is 0. The largest absolute Gasteiger partial charge is 0.354 e. The van der Waals surface area contributed by atoms with Crippen molar-refractivity contribution in [3.05, 3.63) is 0 Å². The predicted molar refractivity (Wildman–Crippen MR) is 78.8 cm³/mol. The molecule has 0 heterocycles. The average molecular weight is 266 g/mol. The van der Waals surface area contributed by atoms with Crippen molar-refractivity contribution in [3.8, 4) is 0 Å². The van der Waals surface area contributed by atoms with Crippen LogP contribution >= 0.6 is 0 Å². The van der Waals surface area contributed by atoms with E-state index in [0.717, 1.165) is 25.8 Å². The number of hydrogen-bond donors (Lipinski definition) is 2. The molecule has 0 saturated heterocycles. The van der Waals surface area contributed by atoms with Crippen LogP contribution in [0.2, 0.25) is 0 Å². The Hall–Kier alpha value is -0.570. The first-order valence-electron chi connectivity index (χ1n) is 8.01. The number of amides is 1. The van der Waals surface area contributed by atoms with Gasteiger partial charge in [-0.15, -0.1) is 0 Å². The fourth-order valence-corrected chi connectivity index (χ4v) is 3.85. The molecule has 0 aliphatic heterocycles. The third kappa shape index (κ3) is 3.71. The van der Waals surface area contributed by atoms with Gasteiger partial charge in [-0.2, -0.15) is 0 Å². The molecule has 3 nitrogen and oxygen atoms in total. The second-order valence-electron chi connectivity index (χ2n) is 7.41. The molecule has 1 amide bonds. The van der Waals surface area contributed by atoms with Crippen LogP contribution in [-0.2, 0) is 4.79 Å². The minimum Gasteiger partial charge on any atom is -0.354 e. The molecule has 0 bridgehead atoms. The van der Waals surface area contributed by atoms with E-state index in [-0.39, 0.29) is 5.91 Å². The van der Waals surface area contributed by atoms with Gasteiger partial charge in [0.1, 0.15) is 0 Å². The molecular formula is C16H30N2O. The van der Waals surface area contributed by atoms with Crippen LogP contribution in [0.15, 0.2) is 0 Å². The van der Waals surface area contributed by atoms with Gasteiger partial charge in [-0.05, 0) is 37.0 Å². The Morgan fingerprint density at radius 1 is 1.21 bits per heavy atom. The highest BCUT2D eigenvalue weighted by Crippen LogP contribution is 2.35. The monoisotopic (exact) mass is 266 g/mol. The van der Waals surface area contributed by atoms with Crippen molar-refractivity contribution in [2.45, 2.75) is 77.2 Å². The summed E-state index contributed by atoms with van der Waals surface area (Å²) in [6.45, 7) is 5.31. The lowest BCUT2D eigenvalue weighted by molar-refractivity contribution is -0.128. The maximum atomic E-state index is 12.4. The molecular weight excluding hydrogens is 236 g/mol. The van der Waals surface area contributed by atoms with Gasteiger partial charge in [-0.25, -0.2) is 0 Å². The van der Waals surface area contributed by atoms with Gasteiger partial charge in [0.2, 0.25) is 5.91 Å². The van der Waals surface area contributed by atoms with Gasteiger partial charge in [0.25, 0.3) is 0 Å². The van der Waals surface area contributed by atoms with Crippen LogP contribution in [0.5, 0.6) is 0 Å². The maximum absolute atomic E-state index is 12.4. The fraction of sp³-hybridized carbons (Fsp3) is 0.938. The van der Waals surface area contributed by atoms with Gasteiger partial charge in [-0.1, -0.05) is 46.0 Å². The number of carbonyl (C=O) groups is 1. The lowest BCUT2D eigenvalue weighted by Crippen LogP contribution is -2.57. The Labute approximate surface area is 117 Å². The van der Waals surface area contributed by atoms with Gasteiger partial charge in [0, 0.05) is 6.54 Å². The van der Waals surface area contributed by atoms with E-state index in [4.69, 9.17) is 5.73 Å². The number of nitrogens with one attached hydrogen (secondary N) is 1. The molecule has 3 N–H and O–H groups in total. The van der Waals surface area contributed by atoms with Crippen molar-refractivity contribution in [1.82, 2.24) is 5.32 Å². The first kappa shape index (κ1) is 14.8. The van der Waals surface area contributed by atoms with Crippen LogP contribution in [0.25, 0.3) is 0 Å². The van der Waals surface area contributed by atoms with E-state index >= 15 is 0 Å². The van der Waals surface area contributed by atoms with Crippen molar-refractivity contribution >= 4 is 5.91 Å². The molecule has 0 aromatic heterocycles. The van der Waals surface area contributed by atoms with E-state index in [9.17, 15) is 4.79 Å². The van der Waals surface area contributed by atoms with Crippen LogP contribution in [-0.4, -0.2) is 18.0 Å². The summed E-state index contributed by atoms with van der Waals surface area (Å²) < 4.78 is 0. The summed E-state index contributed by atoms with van der Waals surface area (Å²) in [6, 6.07) is 0. The highest BCUT2D eigenvalue weighted by atomic mass is 16.2. The molecule has 2 fully saturated rings. The molecule has 0 aromatic rings. The summed E-state index contributed by atoms with van der Waals surface area (Å²) >= 11 is 0. The summed E-state index contributed by atoms with van der Waals surface area (Å²) in [5, 5.41) is 3.16. The molecule has 2 atom stereocenters. The van der Waals surface area contributed by atoms with Crippen LogP contribution in [0.1, 0.15) is 71.6 Å². The number of nitrogens with two attached hydrogens (primary N) is 1. The van der Waals surface area contributed by atoms with Crippen molar-refractivity contribution < 1.29 is 4.79 Å². The van der Waals surface area contributed by atoms with Crippen LogP contribution in [0.4, 0.5) is 0 Å². The molecule has 0 aromatic carbocycles. The molecule has 2 aliphatic rings. The smallest absolute Gasteiger partial charge is 0.240 e. The van der Waals surface area contributed by atoms with Crippen molar-refractivity contribution in [2.24, 2.45) is 17.1 Å². The molecule has 3 heteroatoms. The zero-order chi connectivity index (χ0) is 13.9. The molecule has 2 saturated carbocycles. The lowest BCUT2D eigenvalue weighted by Gasteiger charge is -2.38. The first-order chi connectivity index (χ1) is 8.94. The summed E-state index contributed by atoms with van der Waals surface area (Å²) in [5.74, 6) is 0.667. The molecule has 0 spiro atoms. The Bertz CT molecular complexity index is 323. The van der Waals surface area contributed by atoms with Gasteiger partial charge >= 0.3 is 0 Å². The second-order valence-corrected chi connectivity index (χ2v) is 7.41. The molecule has 2 rings (SSSR count). The maximum Gasteiger partial charge on any atom is 0.240 e. The molecule has 19 heavy (non-hydrogen) atoms. The third-order valence-corrected chi connectivity index (χ3v) is 5.22. The lowest BCUT2D eigenvalue weighted by atomic mass is 9.74. The van der Waals surface area contributed by atoms with Gasteiger partial charge in [-0.3, -0.25) is 4.79 Å². The standard InChI is InChI=1S/C16H30N2O/c1-13-7-6-10-16(17,11-13)14(19)18-12-15(2)8-4-3-5-9-15/h13H,3-12,17H2,1-2H3,(H,18,19). The normalized spacial score (nSPS) is 34.8. The molecule has 2 unspecified atom stereocenters. The highest BCUT2D eigenvalue weighted by Gasteiger charge is 2.38. The first-order valence-corrected chi connectivity index (χ1v) is 8.01.